The fourth-order valence-electron chi connectivity index (χ4n) is 4.60. The number of likely N-dealkylation sites (tertiary alicyclic amines) is 1. The van der Waals surface area contributed by atoms with E-state index in [1.165, 1.54) is 12.1 Å². The van der Waals surface area contributed by atoms with Crippen LogP contribution in [0.5, 0.6) is 5.75 Å². The van der Waals surface area contributed by atoms with Crippen LogP contribution in [0.15, 0.2) is 78.9 Å². The third kappa shape index (κ3) is 7.77. The summed E-state index contributed by atoms with van der Waals surface area (Å²) in [7, 11) is 0. The summed E-state index contributed by atoms with van der Waals surface area (Å²) in [4.78, 5) is 27.3. The Kier molecular flexibility index (Phi) is 9.02. The summed E-state index contributed by atoms with van der Waals surface area (Å²) in [6.45, 7) is 4.70. The second kappa shape index (κ2) is 12.4. The van der Waals surface area contributed by atoms with Gasteiger partial charge in [-0.2, -0.15) is 13.2 Å². The molecule has 40 heavy (non-hydrogen) atoms. The number of ether oxygens (including phenoxy) is 2. The topological polar surface area (TPSA) is 67.9 Å². The van der Waals surface area contributed by atoms with E-state index in [1.807, 2.05) is 48.5 Å². The quantitative estimate of drug-likeness (QED) is 0.315. The van der Waals surface area contributed by atoms with E-state index in [4.69, 9.17) is 9.47 Å². The zero-order chi connectivity index (χ0) is 28.8. The number of carbonyl (C=O) groups excluding carboxylic acids is 2. The number of urea groups is 1. The first-order valence-electron chi connectivity index (χ1n) is 13.2. The molecule has 1 unspecified atom stereocenters. The van der Waals surface area contributed by atoms with Gasteiger partial charge in [0.2, 0.25) is 0 Å². The first kappa shape index (κ1) is 29.0. The Balaban J connectivity index is 1.32. The van der Waals surface area contributed by atoms with Gasteiger partial charge in [0.15, 0.2) is 5.60 Å². The summed E-state index contributed by atoms with van der Waals surface area (Å²) < 4.78 is 49.8. The van der Waals surface area contributed by atoms with Crippen LogP contribution < -0.4 is 10.1 Å². The van der Waals surface area contributed by atoms with Crippen molar-refractivity contribution in [2.75, 3.05) is 13.1 Å². The van der Waals surface area contributed by atoms with E-state index in [1.54, 1.807) is 24.8 Å². The molecule has 6 nitrogen and oxygen atoms in total. The molecule has 0 aromatic heterocycles. The molecule has 2 amide bonds. The van der Waals surface area contributed by atoms with Crippen LogP contribution >= 0.6 is 0 Å². The van der Waals surface area contributed by atoms with Gasteiger partial charge in [-0.3, -0.25) is 0 Å². The van der Waals surface area contributed by atoms with Crippen LogP contribution in [0.25, 0.3) is 0 Å². The van der Waals surface area contributed by atoms with Gasteiger partial charge in [-0.15, -0.1) is 0 Å². The summed E-state index contributed by atoms with van der Waals surface area (Å²) in [5.41, 5.74) is 0.541. The molecule has 1 aliphatic rings. The number of esters is 1. The molecule has 1 atom stereocenters. The van der Waals surface area contributed by atoms with Crippen molar-refractivity contribution >= 4 is 12.0 Å². The number of rotatable bonds is 8. The third-order valence-corrected chi connectivity index (χ3v) is 6.84. The maximum atomic E-state index is 12.8. The summed E-state index contributed by atoms with van der Waals surface area (Å²) in [6, 6.07) is 21.4. The van der Waals surface area contributed by atoms with Crippen LogP contribution in [0, 0.1) is 0 Å². The van der Waals surface area contributed by atoms with Crippen LogP contribution in [0.2, 0.25) is 0 Å². The molecule has 0 saturated carbocycles. The molecule has 1 heterocycles. The standard InChI is InChI=1S/C31H33F3N2O4/c1-30(2,28(37)39-21-23-8-4-3-5-9-23)40-27-12-6-10-24(18-27)25-11-7-17-36(20-25)29(38)35-19-22-13-15-26(16-14-22)31(32,33)34/h3-6,8-10,12-16,18,25H,7,11,17,19-21H2,1-2H3,(H,35,38). The first-order valence-corrected chi connectivity index (χ1v) is 13.2. The molecule has 9 heteroatoms. The summed E-state index contributed by atoms with van der Waals surface area (Å²) >= 11 is 0. The fourth-order valence-corrected chi connectivity index (χ4v) is 4.60. The molecule has 1 fully saturated rings. The minimum atomic E-state index is -4.39. The molecular weight excluding hydrogens is 521 g/mol. The highest BCUT2D eigenvalue weighted by Crippen LogP contribution is 2.31. The molecule has 3 aromatic carbocycles. The number of nitrogens with zero attached hydrogens (tertiary/aromatic N) is 1. The normalized spacial score (nSPS) is 15.8. The Hall–Kier alpha value is -4.01. The SMILES string of the molecule is CC(C)(Oc1cccc(C2CCCN(C(=O)NCc3ccc(C(F)(F)F)cc3)C2)c1)C(=O)OCc1ccccc1. The van der Waals surface area contributed by atoms with Gasteiger partial charge >= 0.3 is 18.2 Å². The number of alkyl halides is 3. The predicted octanol–water partition coefficient (Wildman–Crippen LogP) is 6.70. The zero-order valence-electron chi connectivity index (χ0n) is 22.5. The number of piperidine rings is 1. The van der Waals surface area contributed by atoms with E-state index in [0.29, 0.717) is 24.4 Å². The molecule has 4 rings (SSSR count). The van der Waals surface area contributed by atoms with Gasteiger partial charge in [-0.1, -0.05) is 54.6 Å². The van der Waals surface area contributed by atoms with Crippen LogP contribution in [-0.4, -0.2) is 35.6 Å². The van der Waals surface area contributed by atoms with Crippen LogP contribution in [0.4, 0.5) is 18.0 Å². The smallest absolute Gasteiger partial charge is 0.416 e. The minimum absolute atomic E-state index is 0.0715. The monoisotopic (exact) mass is 554 g/mol. The number of nitrogens with one attached hydrogen (secondary N) is 1. The molecule has 1 aliphatic heterocycles. The number of hydrogen-bond donors (Lipinski definition) is 1. The zero-order valence-corrected chi connectivity index (χ0v) is 22.5. The number of amides is 2. The van der Waals surface area contributed by atoms with E-state index >= 15 is 0 Å². The van der Waals surface area contributed by atoms with Gasteiger partial charge in [-0.25, -0.2) is 9.59 Å². The lowest BCUT2D eigenvalue weighted by atomic mass is 9.90. The average Bonchev–Trinajstić information content (AvgIpc) is 2.95. The molecule has 1 N–H and O–H groups in total. The Bertz CT molecular complexity index is 1290. The van der Waals surface area contributed by atoms with E-state index in [9.17, 15) is 22.8 Å². The van der Waals surface area contributed by atoms with E-state index < -0.39 is 23.3 Å². The number of halogens is 3. The van der Waals surface area contributed by atoms with Crippen molar-refractivity contribution in [3.05, 3.63) is 101 Å². The van der Waals surface area contributed by atoms with Gasteiger partial charge < -0.3 is 19.7 Å². The Morgan fingerprint density at radius 3 is 2.38 bits per heavy atom. The molecule has 0 radical (unpaired) electrons. The van der Waals surface area contributed by atoms with Gasteiger partial charge in [0, 0.05) is 25.6 Å². The summed E-state index contributed by atoms with van der Waals surface area (Å²) in [5.74, 6) is 0.126. The van der Waals surface area contributed by atoms with Crippen molar-refractivity contribution in [2.24, 2.45) is 0 Å². The average molecular weight is 555 g/mol. The summed E-state index contributed by atoms with van der Waals surface area (Å²) in [5, 5.41) is 2.81. The number of hydrogen-bond acceptors (Lipinski definition) is 4. The number of carbonyl (C=O) groups is 2. The van der Waals surface area contributed by atoms with Crippen LogP contribution in [-0.2, 0) is 28.9 Å². The lowest BCUT2D eigenvalue weighted by molar-refractivity contribution is -0.160. The molecule has 0 aliphatic carbocycles. The molecule has 1 saturated heterocycles. The minimum Gasteiger partial charge on any atom is -0.476 e. The van der Waals surface area contributed by atoms with Gasteiger partial charge in [0.1, 0.15) is 12.4 Å². The maximum absolute atomic E-state index is 12.8. The highest BCUT2D eigenvalue weighted by molar-refractivity contribution is 5.79. The largest absolute Gasteiger partial charge is 0.476 e. The second-order valence-corrected chi connectivity index (χ2v) is 10.4. The molecule has 0 bridgehead atoms. The van der Waals surface area contributed by atoms with E-state index in [-0.39, 0.29) is 25.1 Å². The van der Waals surface area contributed by atoms with Gasteiger partial charge in [0.05, 0.1) is 5.56 Å². The van der Waals surface area contributed by atoms with Crippen molar-refractivity contribution in [1.82, 2.24) is 10.2 Å². The predicted molar refractivity (Wildman–Crippen MR) is 145 cm³/mol. The van der Waals surface area contributed by atoms with E-state index in [0.717, 1.165) is 36.1 Å². The summed E-state index contributed by atoms with van der Waals surface area (Å²) in [6.07, 6.45) is -2.70. The van der Waals surface area contributed by atoms with Crippen molar-refractivity contribution in [1.29, 1.82) is 0 Å². The number of benzene rings is 3. The fraction of sp³-hybridized carbons (Fsp3) is 0.355. The van der Waals surface area contributed by atoms with Crippen LogP contribution in [0.1, 0.15) is 54.9 Å². The lowest BCUT2D eigenvalue weighted by Gasteiger charge is -2.33. The van der Waals surface area contributed by atoms with Crippen molar-refractivity contribution in [2.45, 2.75) is 57.5 Å². The molecule has 212 valence electrons. The Morgan fingerprint density at radius 2 is 1.68 bits per heavy atom. The first-order chi connectivity index (χ1) is 19.0. The van der Waals surface area contributed by atoms with Crippen molar-refractivity contribution in [3.63, 3.8) is 0 Å². The molecular formula is C31H33F3N2O4. The van der Waals surface area contributed by atoms with Crippen molar-refractivity contribution < 1.29 is 32.2 Å². The Morgan fingerprint density at radius 1 is 0.950 bits per heavy atom. The molecule has 3 aromatic rings. The third-order valence-electron chi connectivity index (χ3n) is 6.84. The Labute approximate surface area is 232 Å². The van der Waals surface area contributed by atoms with Gasteiger partial charge in [0.25, 0.3) is 0 Å². The maximum Gasteiger partial charge on any atom is 0.416 e. The van der Waals surface area contributed by atoms with E-state index in [2.05, 4.69) is 5.32 Å². The highest BCUT2D eigenvalue weighted by atomic mass is 19.4. The highest BCUT2D eigenvalue weighted by Gasteiger charge is 2.33. The lowest BCUT2D eigenvalue weighted by Crippen LogP contribution is -2.44. The van der Waals surface area contributed by atoms with Crippen LogP contribution in [0.3, 0.4) is 0 Å². The van der Waals surface area contributed by atoms with Gasteiger partial charge in [-0.05, 0) is 67.6 Å². The molecule has 0 spiro atoms. The second-order valence-electron chi connectivity index (χ2n) is 10.4. The van der Waals surface area contributed by atoms with Crippen molar-refractivity contribution in [3.8, 4) is 5.75 Å².